The number of ether oxygens (including phenoxy) is 1. The average Bonchev–Trinajstić information content (AvgIpc) is 2.60. The van der Waals surface area contributed by atoms with Crippen molar-refractivity contribution in [2.45, 2.75) is 19.8 Å². The van der Waals surface area contributed by atoms with E-state index in [-0.39, 0.29) is 0 Å². The quantitative estimate of drug-likeness (QED) is 0.745. The van der Waals surface area contributed by atoms with Gasteiger partial charge in [0.1, 0.15) is 0 Å². The predicted molar refractivity (Wildman–Crippen MR) is 60.3 cm³/mol. The minimum Gasteiger partial charge on any atom is -0.410 e. The Morgan fingerprint density at radius 2 is 2.40 bits per heavy atom. The van der Waals surface area contributed by atoms with Crippen LogP contribution >= 0.6 is 11.3 Å². The zero-order valence-corrected chi connectivity index (χ0v) is 9.21. The van der Waals surface area contributed by atoms with Crippen LogP contribution in [0.5, 0.6) is 5.88 Å². The Morgan fingerprint density at radius 1 is 1.53 bits per heavy atom. The smallest absolute Gasteiger partial charge is 0.299 e. The first-order valence-corrected chi connectivity index (χ1v) is 5.65. The molecule has 0 fully saturated rings. The highest BCUT2D eigenvalue weighted by molar-refractivity contribution is 7.19. The van der Waals surface area contributed by atoms with Crippen molar-refractivity contribution in [3.8, 4) is 5.88 Å². The number of carbonyl (C=O) groups excluding carboxylic acids is 1. The molecule has 4 heteroatoms. The summed E-state index contributed by atoms with van der Waals surface area (Å²) in [6.07, 6.45) is 2.20. The zero-order valence-electron chi connectivity index (χ0n) is 8.40. The van der Waals surface area contributed by atoms with Crippen LogP contribution in [0.4, 0.5) is 0 Å². The highest BCUT2D eigenvalue weighted by Crippen LogP contribution is 2.26. The largest absolute Gasteiger partial charge is 0.410 e. The summed E-state index contributed by atoms with van der Waals surface area (Å²) in [4.78, 5) is 15.7. The van der Waals surface area contributed by atoms with Gasteiger partial charge >= 0.3 is 0 Å². The van der Waals surface area contributed by atoms with Crippen LogP contribution in [0.15, 0.2) is 18.2 Å². The van der Waals surface area contributed by atoms with Crippen LogP contribution in [0.2, 0.25) is 0 Å². The van der Waals surface area contributed by atoms with Crippen LogP contribution in [-0.4, -0.2) is 11.5 Å². The molecule has 0 bridgehead atoms. The molecule has 0 N–H and O–H groups in total. The third-order valence-corrected chi connectivity index (χ3v) is 3.21. The first-order chi connectivity index (χ1) is 7.33. The molecule has 2 aromatic rings. The molecule has 0 unspecified atom stereocenters. The van der Waals surface area contributed by atoms with Gasteiger partial charge in [0.15, 0.2) is 0 Å². The van der Waals surface area contributed by atoms with Crippen molar-refractivity contribution in [1.29, 1.82) is 0 Å². The predicted octanol–water partition coefficient (Wildman–Crippen LogP) is 2.78. The van der Waals surface area contributed by atoms with E-state index in [1.165, 1.54) is 4.88 Å². The van der Waals surface area contributed by atoms with Gasteiger partial charge in [0.25, 0.3) is 6.47 Å². The highest BCUT2D eigenvalue weighted by atomic mass is 32.1. The van der Waals surface area contributed by atoms with E-state index in [1.807, 2.05) is 6.07 Å². The van der Waals surface area contributed by atoms with Gasteiger partial charge in [-0.2, -0.15) is 0 Å². The van der Waals surface area contributed by atoms with E-state index >= 15 is 0 Å². The molecule has 2 rings (SSSR count). The lowest BCUT2D eigenvalue weighted by Crippen LogP contribution is -1.90. The van der Waals surface area contributed by atoms with Crippen molar-refractivity contribution in [2.75, 3.05) is 0 Å². The Balaban J connectivity index is 2.38. The van der Waals surface area contributed by atoms with Crippen LogP contribution in [-0.2, 0) is 11.2 Å². The number of pyridine rings is 1. The molecule has 2 aromatic heterocycles. The molecule has 0 aliphatic rings. The van der Waals surface area contributed by atoms with Crippen LogP contribution in [0.3, 0.4) is 0 Å². The summed E-state index contributed by atoms with van der Waals surface area (Å²) in [6.45, 7) is 2.55. The maximum atomic E-state index is 10.2. The number of rotatable bonds is 4. The number of hydrogen-bond acceptors (Lipinski definition) is 4. The van der Waals surface area contributed by atoms with Gasteiger partial charge in [0, 0.05) is 10.9 Å². The van der Waals surface area contributed by atoms with Crippen LogP contribution in [0.25, 0.3) is 10.2 Å². The van der Waals surface area contributed by atoms with Crippen molar-refractivity contribution >= 4 is 28.0 Å². The maximum absolute atomic E-state index is 10.2. The van der Waals surface area contributed by atoms with Crippen molar-refractivity contribution < 1.29 is 9.53 Å². The number of thiophene rings is 1. The van der Waals surface area contributed by atoms with Crippen LogP contribution in [0, 0.1) is 0 Å². The van der Waals surface area contributed by atoms with E-state index in [1.54, 1.807) is 17.4 Å². The second-order valence-corrected chi connectivity index (χ2v) is 4.38. The summed E-state index contributed by atoms with van der Waals surface area (Å²) < 4.78 is 5.83. The summed E-state index contributed by atoms with van der Waals surface area (Å²) in [5.41, 5.74) is 0.905. The number of aromatic nitrogens is 1. The van der Waals surface area contributed by atoms with Gasteiger partial charge in [-0.3, -0.25) is 4.79 Å². The fourth-order valence-electron chi connectivity index (χ4n) is 1.44. The van der Waals surface area contributed by atoms with Gasteiger partial charge in [-0.25, -0.2) is 4.98 Å². The molecule has 0 aliphatic carbocycles. The molecular formula is C11H11NO2S. The van der Waals surface area contributed by atoms with E-state index in [2.05, 4.69) is 18.0 Å². The molecule has 0 aromatic carbocycles. The maximum Gasteiger partial charge on any atom is 0.299 e. The normalized spacial score (nSPS) is 10.5. The minimum absolute atomic E-state index is 0.360. The molecule has 0 saturated heterocycles. The Hall–Kier alpha value is -1.42. The topological polar surface area (TPSA) is 39.2 Å². The molecule has 0 atom stereocenters. The molecule has 0 spiro atoms. The number of carbonyl (C=O) groups is 1. The fraction of sp³-hybridized carbons (Fsp3) is 0.273. The highest BCUT2D eigenvalue weighted by Gasteiger charge is 2.04. The monoisotopic (exact) mass is 221 g/mol. The first kappa shape index (κ1) is 10.1. The zero-order chi connectivity index (χ0) is 10.7. The van der Waals surface area contributed by atoms with Gasteiger partial charge < -0.3 is 4.74 Å². The second-order valence-electron chi connectivity index (χ2n) is 3.21. The van der Waals surface area contributed by atoms with Crippen molar-refractivity contribution in [3.63, 3.8) is 0 Å². The van der Waals surface area contributed by atoms with Gasteiger partial charge in [0.05, 0.1) is 10.2 Å². The Bertz CT molecular complexity index is 478. The van der Waals surface area contributed by atoms with Gasteiger partial charge in [-0.15, -0.1) is 11.3 Å². The van der Waals surface area contributed by atoms with Crippen molar-refractivity contribution in [1.82, 2.24) is 4.98 Å². The molecule has 0 saturated carbocycles. The SMILES string of the molecule is CCCc1cc2nc(OC=O)ccc2s1. The number of fused-ring (bicyclic) bond motifs is 1. The fourth-order valence-corrected chi connectivity index (χ4v) is 2.55. The number of hydrogen-bond donors (Lipinski definition) is 0. The van der Waals surface area contributed by atoms with Crippen LogP contribution in [0.1, 0.15) is 18.2 Å². The molecule has 0 radical (unpaired) electrons. The summed E-state index contributed by atoms with van der Waals surface area (Å²) in [6, 6.07) is 5.70. The molecule has 2 heterocycles. The summed E-state index contributed by atoms with van der Waals surface area (Å²) in [7, 11) is 0. The lowest BCUT2D eigenvalue weighted by Gasteiger charge is -1.94. The van der Waals surface area contributed by atoms with E-state index in [0.29, 0.717) is 12.4 Å². The van der Waals surface area contributed by atoms with Gasteiger partial charge in [0.2, 0.25) is 5.88 Å². The summed E-state index contributed by atoms with van der Waals surface area (Å²) in [5.74, 6) is 0.360. The second kappa shape index (κ2) is 4.40. The molecular weight excluding hydrogens is 210 g/mol. The first-order valence-electron chi connectivity index (χ1n) is 4.83. The van der Waals surface area contributed by atoms with Crippen molar-refractivity contribution in [2.24, 2.45) is 0 Å². The molecule has 0 amide bonds. The Kier molecular flexibility index (Phi) is 2.97. The van der Waals surface area contributed by atoms with E-state index in [4.69, 9.17) is 4.74 Å². The molecule has 78 valence electrons. The lowest BCUT2D eigenvalue weighted by atomic mass is 10.3. The lowest BCUT2D eigenvalue weighted by molar-refractivity contribution is -0.120. The van der Waals surface area contributed by atoms with Crippen LogP contribution < -0.4 is 4.74 Å². The number of nitrogens with zero attached hydrogens (tertiary/aromatic N) is 1. The third-order valence-electron chi connectivity index (χ3n) is 2.06. The average molecular weight is 221 g/mol. The Morgan fingerprint density at radius 3 is 3.13 bits per heavy atom. The van der Waals surface area contributed by atoms with E-state index < -0.39 is 0 Å². The number of aryl methyl sites for hydroxylation is 1. The van der Waals surface area contributed by atoms with Gasteiger partial charge in [-0.1, -0.05) is 13.3 Å². The Labute approximate surface area is 91.7 Å². The molecule has 3 nitrogen and oxygen atoms in total. The van der Waals surface area contributed by atoms with Gasteiger partial charge in [-0.05, 0) is 18.6 Å². The summed E-state index contributed by atoms with van der Waals surface area (Å²) >= 11 is 1.74. The van der Waals surface area contributed by atoms with Crippen molar-refractivity contribution in [3.05, 3.63) is 23.1 Å². The summed E-state index contributed by atoms with van der Waals surface area (Å²) in [5, 5.41) is 0. The standard InChI is InChI=1S/C11H11NO2S/c1-2-3-8-6-9-10(15-8)4-5-11(12-9)14-7-13/h4-7H,2-3H2,1H3. The minimum atomic E-state index is 0.360. The third kappa shape index (κ3) is 2.15. The van der Waals surface area contributed by atoms with E-state index in [0.717, 1.165) is 23.1 Å². The molecule has 15 heavy (non-hydrogen) atoms. The van der Waals surface area contributed by atoms with E-state index in [9.17, 15) is 4.79 Å². The molecule has 0 aliphatic heterocycles.